The zero-order chi connectivity index (χ0) is 21.5. The van der Waals surface area contributed by atoms with E-state index < -0.39 is 23.8 Å². The lowest BCUT2D eigenvalue weighted by atomic mass is 10.0. The van der Waals surface area contributed by atoms with Gasteiger partial charge in [0.1, 0.15) is 11.9 Å². The Hall–Kier alpha value is -2.59. The van der Waals surface area contributed by atoms with Gasteiger partial charge in [-0.2, -0.15) is 13.2 Å². The Kier molecular flexibility index (Phi) is 5.46. The number of alkyl halides is 3. The van der Waals surface area contributed by atoms with E-state index >= 15 is 0 Å². The summed E-state index contributed by atoms with van der Waals surface area (Å²) in [5.41, 5.74) is 0.744. The van der Waals surface area contributed by atoms with Crippen molar-refractivity contribution in [3.8, 4) is 0 Å². The number of benzene rings is 1. The normalized spacial score (nSPS) is 16.7. The van der Waals surface area contributed by atoms with Gasteiger partial charge in [0, 0.05) is 59.5 Å². The molecule has 1 aliphatic heterocycles. The summed E-state index contributed by atoms with van der Waals surface area (Å²) in [6, 6.07) is 7.20. The van der Waals surface area contributed by atoms with Crippen molar-refractivity contribution in [1.82, 2.24) is 14.9 Å². The predicted molar refractivity (Wildman–Crippen MR) is 109 cm³/mol. The van der Waals surface area contributed by atoms with Gasteiger partial charge >= 0.3 is 12.1 Å². The third kappa shape index (κ3) is 4.01. The SMILES string of the molecule is O=C(O)C(c1c[nH]c2ccc(Br)cc12)N1CCN(c2ccc(C(F)(F)F)cn2)CC1. The van der Waals surface area contributed by atoms with Crippen LogP contribution in [0.5, 0.6) is 0 Å². The van der Waals surface area contributed by atoms with E-state index in [4.69, 9.17) is 0 Å². The van der Waals surface area contributed by atoms with Crippen LogP contribution in [0.2, 0.25) is 0 Å². The maximum Gasteiger partial charge on any atom is 0.417 e. The lowest BCUT2D eigenvalue weighted by Crippen LogP contribution is -2.49. The first kappa shape index (κ1) is 20.7. The minimum absolute atomic E-state index is 0.445. The number of fused-ring (bicyclic) bond motifs is 1. The highest BCUT2D eigenvalue weighted by Gasteiger charge is 2.33. The monoisotopic (exact) mass is 482 g/mol. The number of nitrogens with zero attached hydrogens (tertiary/aromatic N) is 3. The molecular formula is C20H18BrF3N4O2. The number of H-pyrrole nitrogens is 1. The summed E-state index contributed by atoms with van der Waals surface area (Å²) in [5, 5.41) is 10.8. The zero-order valence-electron chi connectivity index (χ0n) is 15.7. The largest absolute Gasteiger partial charge is 0.480 e. The van der Waals surface area contributed by atoms with Crippen LogP contribution < -0.4 is 4.90 Å². The van der Waals surface area contributed by atoms with Crippen LogP contribution in [0.3, 0.4) is 0 Å². The molecular weight excluding hydrogens is 465 g/mol. The average Bonchev–Trinajstić information content (AvgIpc) is 3.11. The molecule has 2 aromatic heterocycles. The molecule has 6 nitrogen and oxygen atoms in total. The second-order valence-corrected chi connectivity index (χ2v) is 8.02. The number of carboxylic acids is 1. The Balaban J connectivity index is 1.51. The Morgan fingerprint density at radius 2 is 1.90 bits per heavy atom. The highest BCUT2D eigenvalue weighted by atomic mass is 79.9. The van der Waals surface area contributed by atoms with Gasteiger partial charge in [0.2, 0.25) is 0 Å². The number of halogens is 4. The third-order valence-electron chi connectivity index (χ3n) is 5.28. The molecule has 1 aromatic carbocycles. The Morgan fingerprint density at radius 1 is 1.17 bits per heavy atom. The van der Waals surface area contributed by atoms with E-state index in [1.165, 1.54) is 6.07 Å². The summed E-state index contributed by atoms with van der Waals surface area (Å²) in [7, 11) is 0. The number of rotatable bonds is 4. The van der Waals surface area contributed by atoms with Crippen LogP contribution in [0.1, 0.15) is 17.2 Å². The number of pyridine rings is 1. The van der Waals surface area contributed by atoms with Gasteiger partial charge in [-0.3, -0.25) is 9.69 Å². The predicted octanol–water partition coefficient (Wildman–Crippen LogP) is 4.29. The second-order valence-electron chi connectivity index (χ2n) is 7.10. The molecule has 1 unspecified atom stereocenters. The third-order valence-corrected chi connectivity index (χ3v) is 5.78. The molecule has 30 heavy (non-hydrogen) atoms. The number of aliphatic carboxylic acids is 1. The van der Waals surface area contributed by atoms with Gasteiger partial charge in [0.15, 0.2) is 0 Å². The van der Waals surface area contributed by atoms with E-state index in [2.05, 4.69) is 25.9 Å². The highest BCUT2D eigenvalue weighted by molar-refractivity contribution is 9.10. The highest BCUT2D eigenvalue weighted by Crippen LogP contribution is 2.32. The molecule has 1 aliphatic rings. The van der Waals surface area contributed by atoms with Gasteiger partial charge in [-0.1, -0.05) is 15.9 Å². The van der Waals surface area contributed by atoms with Crippen molar-refractivity contribution in [3.05, 3.63) is 58.3 Å². The first-order chi connectivity index (χ1) is 14.2. The van der Waals surface area contributed by atoms with E-state index in [-0.39, 0.29) is 0 Å². The van der Waals surface area contributed by atoms with E-state index in [0.717, 1.165) is 27.6 Å². The summed E-state index contributed by atoms with van der Waals surface area (Å²) < 4.78 is 39.0. The van der Waals surface area contributed by atoms with Crippen LogP contribution in [0.15, 0.2) is 47.2 Å². The molecule has 1 atom stereocenters. The molecule has 0 aliphatic carbocycles. The quantitative estimate of drug-likeness (QED) is 0.580. The zero-order valence-corrected chi connectivity index (χ0v) is 17.2. The minimum Gasteiger partial charge on any atom is -0.480 e. The topological polar surface area (TPSA) is 72.5 Å². The molecule has 1 fully saturated rings. The first-order valence-corrected chi connectivity index (χ1v) is 10.0. The van der Waals surface area contributed by atoms with Crippen LogP contribution in [0.25, 0.3) is 10.9 Å². The molecule has 0 spiro atoms. The summed E-state index contributed by atoms with van der Waals surface area (Å²) in [4.78, 5) is 22.9. The van der Waals surface area contributed by atoms with Gasteiger partial charge < -0.3 is 15.0 Å². The van der Waals surface area contributed by atoms with Crippen molar-refractivity contribution in [2.45, 2.75) is 12.2 Å². The van der Waals surface area contributed by atoms with Crippen molar-refractivity contribution < 1.29 is 23.1 Å². The second kappa shape index (κ2) is 7.92. The maximum atomic E-state index is 12.7. The molecule has 0 radical (unpaired) electrons. The van der Waals surface area contributed by atoms with E-state index in [1.54, 1.807) is 6.20 Å². The van der Waals surface area contributed by atoms with E-state index in [1.807, 2.05) is 28.0 Å². The van der Waals surface area contributed by atoms with Gasteiger partial charge in [0.25, 0.3) is 0 Å². The standard InChI is InChI=1S/C20H18BrF3N4O2/c21-13-2-3-16-14(9-13)15(11-25-16)18(19(29)30)28-7-5-27(6-8-28)17-4-1-12(10-26-17)20(22,23)24/h1-4,9-11,18,25H,5-8H2,(H,29,30). The van der Waals surface area contributed by atoms with Crippen LogP contribution in [0, 0.1) is 0 Å². The molecule has 3 heterocycles. The molecule has 0 amide bonds. The fourth-order valence-electron chi connectivity index (χ4n) is 3.78. The molecule has 2 N–H and O–H groups in total. The smallest absolute Gasteiger partial charge is 0.417 e. The number of hydrogen-bond acceptors (Lipinski definition) is 4. The molecule has 10 heteroatoms. The minimum atomic E-state index is -4.42. The summed E-state index contributed by atoms with van der Waals surface area (Å²) in [5.74, 6) is -0.498. The van der Waals surface area contributed by atoms with Gasteiger partial charge in [-0.25, -0.2) is 4.98 Å². The number of nitrogens with one attached hydrogen (secondary N) is 1. The Morgan fingerprint density at radius 3 is 2.50 bits per heavy atom. The fraction of sp³-hybridized carbons (Fsp3) is 0.300. The van der Waals surface area contributed by atoms with E-state index in [0.29, 0.717) is 37.6 Å². The molecule has 1 saturated heterocycles. The van der Waals surface area contributed by atoms with Crippen LogP contribution in [-0.2, 0) is 11.0 Å². The van der Waals surface area contributed by atoms with Gasteiger partial charge in [0.05, 0.1) is 5.56 Å². The lowest BCUT2D eigenvalue weighted by Gasteiger charge is -2.38. The fourth-order valence-corrected chi connectivity index (χ4v) is 4.14. The Bertz CT molecular complexity index is 1060. The van der Waals surface area contributed by atoms with Crippen LogP contribution >= 0.6 is 15.9 Å². The molecule has 0 bridgehead atoms. The number of carbonyl (C=O) groups is 1. The average molecular weight is 483 g/mol. The van der Waals surface area contributed by atoms with Crippen molar-refractivity contribution >= 4 is 38.6 Å². The maximum absolute atomic E-state index is 12.7. The number of carboxylic acid groups (broad SMARTS) is 1. The Labute approximate surface area is 178 Å². The van der Waals surface area contributed by atoms with Crippen LogP contribution in [-0.4, -0.2) is 52.1 Å². The van der Waals surface area contributed by atoms with E-state index in [9.17, 15) is 23.1 Å². The molecule has 3 aromatic rings. The van der Waals surface area contributed by atoms with Crippen molar-refractivity contribution in [3.63, 3.8) is 0 Å². The number of hydrogen-bond donors (Lipinski definition) is 2. The summed E-state index contributed by atoms with van der Waals surface area (Å²) in [6.07, 6.45) is -1.88. The number of piperazine rings is 1. The summed E-state index contributed by atoms with van der Waals surface area (Å²) in [6.45, 7) is 1.82. The lowest BCUT2D eigenvalue weighted by molar-refractivity contribution is -0.143. The molecule has 0 saturated carbocycles. The molecule has 4 rings (SSSR count). The number of anilines is 1. The number of aromatic nitrogens is 2. The van der Waals surface area contributed by atoms with Gasteiger partial charge in [-0.05, 0) is 30.3 Å². The van der Waals surface area contributed by atoms with Crippen molar-refractivity contribution in [1.29, 1.82) is 0 Å². The molecule has 158 valence electrons. The van der Waals surface area contributed by atoms with Gasteiger partial charge in [-0.15, -0.1) is 0 Å². The van der Waals surface area contributed by atoms with Crippen molar-refractivity contribution in [2.24, 2.45) is 0 Å². The van der Waals surface area contributed by atoms with Crippen molar-refractivity contribution in [2.75, 3.05) is 31.1 Å². The number of aromatic amines is 1. The first-order valence-electron chi connectivity index (χ1n) is 9.25. The summed E-state index contributed by atoms with van der Waals surface area (Å²) >= 11 is 3.43. The van der Waals surface area contributed by atoms with Crippen LogP contribution in [0.4, 0.5) is 19.0 Å².